The van der Waals surface area contributed by atoms with Gasteiger partial charge in [0.15, 0.2) is 11.6 Å². The summed E-state index contributed by atoms with van der Waals surface area (Å²) in [5, 5.41) is 3.10. The van der Waals surface area contributed by atoms with Gasteiger partial charge in [0.2, 0.25) is 0 Å². The van der Waals surface area contributed by atoms with E-state index in [0.717, 1.165) is 94.9 Å². The quantitative estimate of drug-likeness (QED) is 0.145. The first kappa shape index (κ1) is 38.7. The molecule has 2 unspecified atom stereocenters. The molecule has 0 bridgehead atoms. The molecule has 0 aliphatic heterocycles. The third-order valence-electron chi connectivity index (χ3n) is 12.6. The van der Waals surface area contributed by atoms with Gasteiger partial charge in [-0.2, -0.15) is 0 Å². The Bertz CT molecular complexity index is 3420. The minimum atomic E-state index is -0.236. The Morgan fingerprint density at radius 1 is 0.516 bits per heavy atom. The smallest absolute Gasteiger partial charge is 0.163 e. The molecule has 304 valence electrons. The Balaban J connectivity index is 1.03. The Kier molecular flexibility index (Phi) is 9.86. The van der Waals surface area contributed by atoms with Crippen molar-refractivity contribution in [3.8, 4) is 78.4 Å². The summed E-state index contributed by atoms with van der Waals surface area (Å²) >= 11 is 0. The third-order valence-corrected chi connectivity index (χ3v) is 12.6. The molecule has 64 heavy (non-hydrogen) atoms. The highest BCUT2D eigenvalue weighted by atomic mass is 15.1. The minimum absolute atomic E-state index is 0.236. The largest absolute Gasteiger partial charge is 0.256 e. The van der Waals surface area contributed by atoms with E-state index in [1.807, 2.05) is 49.7 Å². The number of hydrogen-bond acceptors (Lipinski definition) is 5. The van der Waals surface area contributed by atoms with Crippen molar-refractivity contribution < 1.29 is 0 Å². The fraction of sp³-hybridized carbons (Fsp3) is 0.0678. The predicted octanol–water partition coefficient (Wildman–Crippen LogP) is 12.6. The number of rotatable bonds is 9. The Labute approximate surface area is 373 Å². The number of pyridine rings is 2. The molecule has 5 nitrogen and oxygen atoms in total. The fourth-order valence-electron chi connectivity index (χ4n) is 8.96. The van der Waals surface area contributed by atoms with Gasteiger partial charge >= 0.3 is 0 Å². The van der Waals surface area contributed by atoms with Gasteiger partial charge in [-0.15, -0.1) is 0 Å². The number of para-hydroxylation sites is 1. The molecular weight excluding hydrogens is 779 g/mol. The summed E-state index contributed by atoms with van der Waals surface area (Å²) in [5.41, 5.74) is 13.6. The molecule has 2 aliphatic rings. The van der Waals surface area contributed by atoms with Crippen LogP contribution in [0.3, 0.4) is 0 Å². The number of aromatic nitrogens is 5. The number of hydrogen-bond donors (Lipinski definition) is 0. The van der Waals surface area contributed by atoms with Crippen molar-refractivity contribution in [2.45, 2.75) is 18.8 Å². The molecule has 3 heterocycles. The Morgan fingerprint density at radius 3 is 1.72 bits per heavy atom. The molecule has 9 aromatic rings. The highest BCUT2D eigenvalue weighted by Crippen LogP contribution is 2.57. The van der Waals surface area contributed by atoms with Crippen molar-refractivity contribution in [1.29, 1.82) is 0 Å². The van der Waals surface area contributed by atoms with Gasteiger partial charge in [-0.25, -0.2) is 15.0 Å². The first-order valence-corrected chi connectivity index (χ1v) is 21.8. The van der Waals surface area contributed by atoms with Crippen LogP contribution in [0, 0.1) is 5.92 Å². The predicted molar refractivity (Wildman–Crippen MR) is 263 cm³/mol. The van der Waals surface area contributed by atoms with E-state index in [1.165, 1.54) is 5.56 Å². The summed E-state index contributed by atoms with van der Waals surface area (Å²) in [6, 6.07) is 55.8. The molecule has 2 aliphatic carbocycles. The second kappa shape index (κ2) is 16.3. The second-order valence-electron chi connectivity index (χ2n) is 16.6. The second-order valence-corrected chi connectivity index (χ2v) is 16.6. The maximum absolute atomic E-state index is 5.34. The van der Waals surface area contributed by atoms with Crippen LogP contribution in [-0.2, 0) is 5.41 Å². The lowest BCUT2D eigenvalue weighted by molar-refractivity contribution is 0.730. The van der Waals surface area contributed by atoms with Gasteiger partial charge in [0.25, 0.3) is 0 Å². The summed E-state index contributed by atoms with van der Waals surface area (Å²) in [6.07, 6.45) is 19.5. The maximum Gasteiger partial charge on any atom is 0.163 e. The molecule has 0 amide bonds. The van der Waals surface area contributed by atoms with Gasteiger partial charge in [-0.05, 0) is 100 Å². The molecule has 0 spiro atoms. The minimum Gasteiger partial charge on any atom is -0.256 e. The van der Waals surface area contributed by atoms with E-state index >= 15 is 0 Å². The molecular formula is C59H43N5. The van der Waals surface area contributed by atoms with Crippen LogP contribution in [0.4, 0.5) is 0 Å². The number of allylic oxidation sites excluding steroid dienone is 5. The molecule has 11 rings (SSSR count). The monoisotopic (exact) mass is 821 g/mol. The molecule has 1 saturated carbocycles. The maximum atomic E-state index is 5.34. The van der Waals surface area contributed by atoms with Crippen LogP contribution in [0.2, 0.25) is 0 Å². The van der Waals surface area contributed by atoms with Crippen molar-refractivity contribution >= 4 is 23.1 Å². The van der Waals surface area contributed by atoms with Crippen LogP contribution >= 0.6 is 0 Å². The van der Waals surface area contributed by atoms with Gasteiger partial charge in [0.05, 0.1) is 16.3 Å². The zero-order valence-electron chi connectivity index (χ0n) is 35.4. The standard InChI is InChI=1S/C59H43N5/c1-3-12-46-31-51(37-60-54(46)4-2)43-22-18-41(19-23-43)48-33-49(42-20-24-44(25-21-42)52-32-47-15-8-9-17-55(47)61-38-52)35-50(34-48)57-62-56(63-58(64-57)59-30-11-10-16-53(59)36-59)45-28-26-40(27-29-45)39-13-6-5-7-14-39/h3-35,37-38,53H,1,36H2,2H3/b46-12-,54-4+. The van der Waals surface area contributed by atoms with Gasteiger partial charge < -0.3 is 0 Å². The van der Waals surface area contributed by atoms with Crippen LogP contribution < -0.4 is 10.6 Å². The lowest BCUT2D eigenvalue weighted by Gasteiger charge is -2.16. The van der Waals surface area contributed by atoms with Crippen molar-refractivity contribution in [2.24, 2.45) is 5.92 Å². The average molecular weight is 822 g/mol. The lowest BCUT2D eigenvalue weighted by atomic mass is 9.93. The normalized spacial score (nSPS) is 16.8. The summed E-state index contributed by atoms with van der Waals surface area (Å²) < 4.78 is 0. The highest BCUT2D eigenvalue weighted by Gasteiger charge is 2.55. The fourth-order valence-corrected chi connectivity index (χ4v) is 8.96. The van der Waals surface area contributed by atoms with Gasteiger partial charge in [0.1, 0.15) is 5.82 Å². The van der Waals surface area contributed by atoms with Gasteiger partial charge in [-0.1, -0.05) is 170 Å². The SMILES string of the molecule is C=C/C=c1/cc(-c2ccc(-c3cc(-c4ccc(-c5cnc6ccccc6c5)cc4)cc(-c4nc(-c5ccc(-c6ccccc6)cc5)nc(C56C=CC=CC5C6)n4)c3)cc2)cn/c1=C/C. The highest BCUT2D eigenvalue weighted by molar-refractivity contribution is 5.85. The van der Waals surface area contributed by atoms with E-state index < -0.39 is 0 Å². The van der Waals surface area contributed by atoms with Gasteiger partial charge in [-0.3, -0.25) is 9.97 Å². The van der Waals surface area contributed by atoms with Crippen LogP contribution in [-0.4, -0.2) is 24.9 Å². The first-order valence-electron chi connectivity index (χ1n) is 21.8. The van der Waals surface area contributed by atoms with Crippen LogP contribution in [0.25, 0.3) is 101 Å². The molecule has 6 aromatic carbocycles. The van der Waals surface area contributed by atoms with E-state index in [1.54, 1.807) is 6.08 Å². The van der Waals surface area contributed by atoms with E-state index in [9.17, 15) is 0 Å². The molecule has 1 fully saturated rings. The number of nitrogens with zero attached hydrogens (tertiary/aromatic N) is 5. The molecule has 0 N–H and O–H groups in total. The summed E-state index contributed by atoms with van der Waals surface area (Å²) in [4.78, 5) is 25.3. The van der Waals surface area contributed by atoms with Crippen LogP contribution in [0.15, 0.2) is 207 Å². The van der Waals surface area contributed by atoms with E-state index in [-0.39, 0.29) is 5.41 Å². The average Bonchev–Trinajstić information content (AvgIpc) is 4.13. The summed E-state index contributed by atoms with van der Waals surface area (Å²) in [5.74, 6) is 2.50. The van der Waals surface area contributed by atoms with E-state index in [0.29, 0.717) is 17.6 Å². The van der Waals surface area contributed by atoms with Crippen molar-refractivity contribution in [3.63, 3.8) is 0 Å². The van der Waals surface area contributed by atoms with E-state index in [4.69, 9.17) is 24.9 Å². The first-order chi connectivity index (χ1) is 31.5. The van der Waals surface area contributed by atoms with Crippen LogP contribution in [0.5, 0.6) is 0 Å². The summed E-state index contributed by atoms with van der Waals surface area (Å²) in [7, 11) is 0. The zero-order valence-corrected chi connectivity index (χ0v) is 35.4. The molecule has 0 radical (unpaired) electrons. The van der Waals surface area contributed by atoms with Crippen molar-refractivity contribution in [1.82, 2.24) is 24.9 Å². The lowest BCUT2D eigenvalue weighted by Crippen LogP contribution is -2.27. The summed E-state index contributed by atoms with van der Waals surface area (Å²) in [6.45, 7) is 5.92. The van der Waals surface area contributed by atoms with Crippen molar-refractivity contribution in [3.05, 3.63) is 223 Å². The topological polar surface area (TPSA) is 64.5 Å². The molecule has 0 saturated heterocycles. The third kappa shape index (κ3) is 7.37. The molecule has 5 heteroatoms. The van der Waals surface area contributed by atoms with Crippen LogP contribution in [0.1, 0.15) is 19.2 Å². The molecule has 2 atom stereocenters. The van der Waals surface area contributed by atoms with Crippen molar-refractivity contribution in [2.75, 3.05) is 0 Å². The van der Waals surface area contributed by atoms with E-state index in [2.05, 4.69) is 170 Å². The Morgan fingerprint density at radius 2 is 1.06 bits per heavy atom. The zero-order chi connectivity index (χ0) is 43.0. The van der Waals surface area contributed by atoms with Gasteiger partial charge in [0, 0.05) is 45.3 Å². The Hall–Kier alpha value is -8.15. The number of benzene rings is 6. The molecule has 3 aromatic heterocycles. The number of fused-ring (bicyclic) bond motifs is 2.